The van der Waals surface area contributed by atoms with Gasteiger partial charge in [-0.15, -0.1) is 11.3 Å². The molecule has 0 atom stereocenters. The largest absolute Gasteiger partial charge is 0.327 e. The minimum Gasteiger partial charge on any atom is -0.327 e. The van der Waals surface area contributed by atoms with Crippen molar-refractivity contribution in [2.75, 3.05) is 0 Å². The maximum atomic E-state index is 11.8. The normalized spacial score (nSPS) is 12.8. The van der Waals surface area contributed by atoms with E-state index in [0.717, 1.165) is 11.1 Å². The maximum absolute atomic E-state index is 11.8. The Hall–Kier alpha value is -1.94. The molecule has 2 aromatic rings. The summed E-state index contributed by atoms with van der Waals surface area (Å²) in [6, 6.07) is 9.81. The third-order valence-electron chi connectivity index (χ3n) is 2.53. The Bertz CT molecular complexity index is 635. The monoisotopic (exact) mass is 258 g/mol. The fourth-order valence-corrected chi connectivity index (χ4v) is 2.27. The molecule has 0 N–H and O–H groups in total. The first-order chi connectivity index (χ1) is 8.66. The van der Waals surface area contributed by atoms with Crippen molar-refractivity contribution in [3.05, 3.63) is 58.3 Å². The third kappa shape index (κ3) is 3.05. The third-order valence-corrected chi connectivity index (χ3v) is 3.38. The molecule has 2 rings (SSSR count). The van der Waals surface area contributed by atoms with Gasteiger partial charge in [0.25, 0.3) is 5.91 Å². The number of nitrogens with zero attached hydrogens (tertiary/aromatic N) is 2. The van der Waals surface area contributed by atoms with E-state index in [1.165, 1.54) is 11.3 Å². The summed E-state index contributed by atoms with van der Waals surface area (Å²) in [5, 5.41) is 1.90. The van der Waals surface area contributed by atoms with Gasteiger partial charge >= 0.3 is 0 Å². The van der Waals surface area contributed by atoms with Crippen LogP contribution in [0.15, 0.2) is 53.0 Å². The van der Waals surface area contributed by atoms with E-state index in [9.17, 15) is 4.79 Å². The fourth-order valence-electron chi connectivity index (χ4n) is 1.53. The molecular formula is C14H14N2OS. The summed E-state index contributed by atoms with van der Waals surface area (Å²) in [4.78, 5) is 16.6. The van der Waals surface area contributed by atoms with Gasteiger partial charge in [0.05, 0.1) is 0 Å². The number of aromatic nitrogens is 1. The molecule has 0 fully saturated rings. The van der Waals surface area contributed by atoms with E-state index in [1.54, 1.807) is 6.08 Å². The van der Waals surface area contributed by atoms with E-state index in [1.807, 2.05) is 60.4 Å². The number of carbonyl (C=O) groups is 1. The van der Waals surface area contributed by atoms with Crippen LogP contribution in [0, 0.1) is 0 Å². The topological polar surface area (TPSA) is 34.4 Å². The molecule has 1 aromatic heterocycles. The summed E-state index contributed by atoms with van der Waals surface area (Å²) in [7, 11) is 1.87. The number of allylic oxidation sites excluding steroid dienone is 1. The van der Waals surface area contributed by atoms with Gasteiger partial charge in [0.2, 0.25) is 0 Å². The van der Waals surface area contributed by atoms with Gasteiger partial charge in [0, 0.05) is 24.7 Å². The van der Waals surface area contributed by atoms with E-state index in [2.05, 4.69) is 4.99 Å². The number of rotatable bonds is 2. The molecule has 1 amide bonds. The molecule has 0 aliphatic carbocycles. The molecule has 3 nitrogen and oxygen atoms in total. The Morgan fingerprint density at radius 2 is 2.06 bits per heavy atom. The first kappa shape index (κ1) is 12.5. The minimum absolute atomic E-state index is 0.227. The van der Waals surface area contributed by atoms with Crippen molar-refractivity contribution in [3.63, 3.8) is 0 Å². The molecule has 0 aliphatic rings. The second kappa shape index (κ2) is 5.60. The quantitative estimate of drug-likeness (QED) is 0.762. The van der Waals surface area contributed by atoms with Crippen molar-refractivity contribution in [1.29, 1.82) is 0 Å². The van der Waals surface area contributed by atoms with E-state index < -0.39 is 0 Å². The second-order valence-corrected chi connectivity index (χ2v) is 4.81. The lowest BCUT2D eigenvalue weighted by Gasteiger charge is -1.98. The van der Waals surface area contributed by atoms with Crippen molar-refractivity contribution in [3.8, 4) is 0 Å². The summed E-state index contributed by atoms with van der Waals surface area (Å²) >= 11 is 1.45. The van der Waals surface area contributed by atoms with Gasteiger partial charge in [-0.3, -0.25) is 4.79 Å². The lowest BCUT2D eigenvalue weighted by atomic mass is 10.1. The zero-order valence-corrected chi connectivity index (χ0v) is 11.1. The highest BCUT2D eigenvalue weighted by Gasteiger charge is 1.99. The molecule has 18 heavy (non-hydrogen) atoms. The highest BCUT2D eigenvalue weighted by molar-refractivity contribution is 7.07. The molecule has 4 heteroatoms. The zero-order valence-electron chi connectivity index (χ0n) is 10.3. The number of aryl methyl sites for hydroxylation is 1. The number of benzene rings is 1. The first-order valence-electron chi connectivity index (χ1n) is 5.59. The first-order valence-corrected chi connectivity index (χ1v) is 6.47. The van der Waals surface area contributed by atoms with Gasteiger partial charge in [0.1, 0.15) is 0 Å². The molecule has 0 unspecified atom stereocenters. The van der Waals surface area contributed by atoms with Crippen LogP contribution in [-0.4, -0.2) is 10.5 Å². The molecule has 1 aromatic carbocycles. The number of thiazole rings is 1. The van der Waals surface area contributed by atoms with Gasteiger partial charge in [-0.05, 0) is 18.1 Å². The van der Waals surface area contributed by atoms with Crippen molar-refractivity contribution in [2.45, 2.75) is 6.92 Å². The fraction of sp³-hybridized carbons (Fsp3) is 0.143. The molecule has 1 heterocycles. The SMILES string of the molecule is C/C(=C/C(=O)N=c1sccn1C)c1ccccc1. The van der Waals surface area contributed by atoms with Crippen LogP contribution < -0.4 is 4.80 Å². The smallest absolute Gasteiger partial charge is 0.272 e. The van der Waals surface area contributed by atoms with Crippen molar-refractivity contribution in [2.24, 2.45) is 12.0 Å². The summed E-state index contributed by atoms with van der Waals surface area (Å²) < 4.78 is 1.83. The van der Waals surface area contributed by atoms with E-state index >= 15 is 0 Å². The van der Waals surface area contributed by atoms with Crippen molar-refractivity contribution < 1.29 is 4.79 Å². The Morgan fingerprint density at radius 1 is 1.33 bits per heavy atom. The van der Waals surface area contributed by atoms with Gasteiger partial charge in [-0.2, -0.15) is 4.99 Å². The number of amides is 1. The molecule has 0 radical (unpaired) electrons. The van der Waals surface area contributed by atoms with Crippen LogP contribution in [0.4, 0.5) is 0 Å². The molecule has 0 aliphatic heterocycles. The van der Waals surface area contributed by atoms with E-state index in [0.29, 0.717) is 4.80 Å². The van der Waals surface area contributed by atoms with Crippen LogP contribution >= 0.6 is 11.3 Å². The van der Waals surface area contributed by atoms with Crippen molar-refractivity contribution >= 4 is 22.8 Å². The Kier molecular flexibility index (Phi) is 3.89. The summed E-state index contributed by atoms with van der Waals surface area (Å²) in [6.07, 6.45) is 3.44. The van der Waals surface area contributed by atoms with Crippen LogP contribution in [0.5, 0.6) is 0 Å². The zero-order chi connectivity index (χ0) is 13.0. The van der Waals surface area contributed by atoms with Gasteiger partial charge < -0.3 is 4.57 Å². The van der Waals surface area contributed by atoms with Crippen LogP contribution in [-0.2, 0) is 11.8 Å². The van der Waals surface area contributed by atoms with Crippen LogP contribution in [0.25, 0.3) is 5.57 Å². The standard InChI is InChI=1S/C14H14N2OS/c1-11(12-6-4-3-5-7-12)10-13(17)15-14-16(2)8-9-18-14/h3-10H,1-2H3/b11-10-,15-14?. The van der Waals surface area contributed by atoms with Crippen molar-refractivity contribution in [1.82, 2.24) is 4.57 Å². The van der Waals surface area contributed by atoms with Crippen LogP contribution in [0.3, 0.4) is 0 Å². The maximum Gasteiger partial charge on any atom is 0.272 e. The van der Waals surface area contributed by atoms with Gasteiger partial charge in [-0.1, -0.05) is 30.3 Å². The molecule has 0 bridgehead atoms. The van der Waals surface area contributed by atoms with E-state index in [-0.39, 0.29) is 5.91 Å². The Labute approximate surface area is 110 Å². The predicted octanol–water partition coefficient (Wildman–Crippen LogP) is 2.62. The number of hydrogen-bond donors (Lipinski definition) is 0. The lowest BCUT2D eigenvalue weighted by molar-refractivity contribution is -0.113. The number of hydrogen-bond acceptors (Lipinski definition) is 2. The Morgan fingerprint density at radius 3 is 2.67 bits per heavy atom. The number of carbonyl (C=O) groups excluding carboxylic acids is 1. The predicted molar refractivity (Wildman–Crippen MR) is 74.0 cm³/mol. The highest BCUT2D eigenvalue weighted by atomic mass is 32.1. The van der Waals surface area contributed by atoms with E-state index in [4.69, 9.17) is 0 Å². The molecule has 0 spiro atoms. The average Bonchev–Trinajstić information content (AvgIpc) is 2.76. The van der Waals surface area contributed by atoms with Gasteiger partial charge in [0.15, 0.2) is 4.80 Å². The summed E-state index contributed by atoms with van der Waals surface area (Å²) in [5.41, 5.74) is 1.96. The van der Waals surface area contributed by atoms with Gasteiger partial charge in [-0.25, -0.2) is 0 Å². The molecule has 92 valence electrons. The minimum atomic E-state index is -0.227. The highest BCUT2D eigenvalue weighted by Crippen LogP contribution is 2.12. The Balaban J connectivity index is 2.25. The molecule has 0 saturated heterocycles. The lowest BCUT2D eigenvalue weighted by Crippen LogP contribution is -2.11. The molecule has 0 saturated carbocycles. The molecular weight excluding hydrogens is 244 g/mol. The summed E-state index contributed by atoms with van der Waals surface area (Å²) in [5.74, 6) is -0.227. The summed E-state index contributed by atoms with van der Waals surface area (Å²) in [6.45, 7) is 1.91. The van der Waals surface area contributed by atoms with Crippen LogP contribution in [0.1, 0.15) is 12.5 Å². The second-order valence-electron chi connectivity index (χ2n) is 3.94. The van der Waals surface area contributed by atoms with Crippen LogP contribution in [0.2, 0.25) is 0 Å². The average molecular weight is 258 g/mol.